The molecule has 4 heteroatoms. The first kappa shape index (κ1) is 35.9. The van der Waals surface area contributed by atoms with Gasteiger partial charge >= 0.3 is 37.7 Å². The van der Waals surface area contributed by atoms with Crippen LogP contribution < -0.4 is 0 Å². The first-order valence-electron chi connectivity index (χ1n) is 0. The SMILES string of the molecule is O.S.[AlH3].[Ca+2].[H-].[H-]. The molecule has 0 aliphatic carbocycles. The van der Waals surface area contributed by atoms with Crippen molar-refractivity contribution in [3.63, 3.8) is 0 Å². The van der Waals surface area contributed by atoms with Gasteiger partial charge in [-0.25, -0.2) is 0 Å². The molecule has 0 bridgehead atoms. The minimum absolute atomic E-state index is 0. The van der Waals surface area contributed by atoms with E-state index in [-0.39, 0.29) is 76.9 Å². The average molecular weight is 124 g/mol. The van der Waals surface area contributed by atoms with Gasteiger partial charge in [0, 0.05) is 0 Å². The molecule has 0 heterocycles. The van der Waals surface area contributed by atoms with Crippen LogP contribution >= 0.6 is 13.5 Å². The predicted molar refractivity (Wildman–Crippen MR) is 31.9 cm³/mol. The Balaban J connectivity index is 0. The van der Waals surface area contributed by atoms with Gasteiger partial charge in [0.15, 0.2) is 17.4 Å². The van der Waals surface area contributed by atoms with E-state index in [0.717, 1.165) is 0 Å². The van der Waals surface area contributed by atoms with E-state index in [1.165, 1.54) is 0 Å². The Hall–Kier alpha value is 2.10. The van der Waals surface area contributed by atoms with Crippen LogP contribution in [0.5, 0.6) is 0 Å². The van der Waals surface area contributed by atoms with E-state index in [4.69, 9.17) is 0 Å². The minimum Gasteiger partial charge on any atom is -1.00 e. The van der Waals surface area contributed by atoms with Gasteiger partial charge in [0.05, 0.1) is 0 Å². The zero-order valence-corrected chi connectivity index (χ0v) is 4.92. The molecular weight excluding hydrogens is 115 g/mol. The molecule has 0 aromatic carbocycles. The molecule has 0 spiro atoms. The molecule has 4 heavy (non-hydrogen) atoms. The summed E-state index contributed by atoms with van der Waals surface area (Å²) in [5.41, 5.74) is 0. The Bertz CT molecular complexity index is 13.5. The third kappa shape index (κ3) is 8.93. The maximum absolute atomic E-state index is 0. The van der Waals surface area contributed by atoms with E-state index >= 15 is 0 Å². The van der Waals surface area contributed by atoms with Crippen LogP contribution in [0.4, 0.5) is 0 Å². The fourth-order valence-electron chi connectivity index (χ4n) is 0. The molecule has 0 aromatic rings. The molecule has 2 N–H and O–H groups in total. The molecule has 0 aromatic heterocycles. The van der Waals surface area contributed by atoms with E-state index in [1.54, 1.807) is 0 Å². The Kier molecular flexibility index (Phi) is 175. The summed E-state index contributed by atoms with van der Waals surface area (Å²) in [6, 6.07) is 0. The van der Waals surface area contributed by atoms with E-state index < -0.39 is 0 Å². The van der Waals surface area contributed by atoms with Crippen molar-refractivity contribution in [3.8, 4) is 0 Å². The van der Waals surface area contributed by atoms with Gasteiger partial charge < -0.3 is 8.33 Å². The number of hydrogen-bond donors (Lipinski definition) is 0. The number of rotatable bonds is 0. The maximum atomic E-state index is 0. The van der Waals surface area contributed by atoms with Crippen LogP contribution in [-0.4, -0.2) is 60.6 Å². The first-order valence-corrected chi connectivity index (χ1v) is 0. The molecule has 0 radical (unpaired) electrons. The van der Waals surface area contributed by atoms with Crippen LogP contribution in [0.1, 0.15) is 2.85 Å². The Labute approximate surface area is 76.0 Å². The predicted octanol–water partition coefficient (Wildman–Crippen LogP) is -2.05. The van der Waals surface area contributed by atoms with Crippen molar-refractivity contribution in [3.05, 3.63) is 0 Å². The van der Waals surface area contributed by atoms with Gasteiger partial charge in [0.25, 0.3) is 0 Å². The van der Waals surface area contributed by atoms with E-state index in [2.05, 4.69) is 0 Å². The Morgan fingerprint density at radius 3 is 1.25 bits per heavy atom. The van der Waals surface area contributed by atoms with Crippen molar-refractivity contribution in [2.24, 2.45) is 0 Å². The summed E-state index contributed by atoms with van der Waals surface area (Å²) in [7, 11) is 0. The minimum atomic E-state index is 0. The smallest absolute Gasteiger partial charge is 1.00 e. The third-order valence-corrected chi connectivity index (χ3v) is 0. The van der Waals surface area contributed by atoms with E-state index in [1.807, 2.05) is 0 Å². The fraction of sp³-hybridized carbons (Fsp3) is 0. The summed E-state index contributed by atoms with van der Waals surface area (Å²) >= 11 is 0. The zero-order valence-electron chi connectivity index (χ0n) is 3.71. The van der Waals surface area contributed by atoms with Crippen LogP contribution in [0.3, 0.4) is 0 Å². The standard InChI is InChI=1S/Al.Ca.H2O.H2S.5H/h;;2*1H2;;;;;/q;+2;;;;;;2*-1. The Morgan fingerprint density at radius 1 is 1.25 bits per heavy atom. The second-order valence-corrected chi connectivity index (χ2v) is 0. The summed E-state index contributed by atoms with van der Waals surface area (Å²) in [5.74, 6) is 0. The van der Waals surface area contributed by atoms with Crippen molar-refractivity contribution >= 4 is 68.6 Å². The fourth-order valence-corrected chi connectivity index (χ4v) is 0. The second kappa shape index (κ2) is 19.4. The quantitative estimate of drug-likeness (QED) is 0.333. The summed E-state index contributed by atoms with van der Waals surface area (Å²) in [6.07, 6.45) is 0. The molecule has 0 amide bonds. The van der Waals surface area contributed by atoms with Gasteiger partial charge in [-0.15, -0.1) is 0 Å². The van der Waals surface area contributed by atoms with Crippen molar-refractivity contribution in [2.45, 2.75) is 0 Å². The summed E-state index contributed by atoms with van der Waals surface area (Å²) < 4.78 is 0. The Morgan fingerprint density at radius 2 is 1.25 bits per heavy atom. The van der Waals surface area contributed by atoms with E-state index in [9.17, 15) is 0 Å². The summed E-state index contributed by atoms with van der Waals surface area (Å²) in [4.78, 5) is 0. The molecule has 0 aliphatic heterocycles. The molecule has 26 valence electrons. The average Bonchev–Trinajstić information content (AvgIpc) is 0. The monoisotopic (exact) mass is 124 g/mol. The van der Waals surface area contributed by atoms with Gasteiger partial charge in [-0.2, -0.15) is 13.5 Å². The van der Waals surface area contributed by atoms with Gasteiger partial charge in [0.1, 0.15) is 0 Å². The van der Waals surface area contributed by atoms with Crippen LogP contribution in [0.15, 0.2) is 0 Å². The topological polar surface area (TPSA) is 31.5 Å². The molecular formula is H9AlCaOS. The second-order valence-electron chi connectivity index (χ2n) is 0. The van der Waals surface area contributed by atoms with Crippen LogP contribution in [-0.2, 0) is 0 Å². The van der Waals surface area contributed by atoms with Crippen LogP contribution in [0, 0.1) is 0 Å². The van der Waals surface area contributed by atoms with Crippen molar-refractivity contribution < 1.29 is 8.33 Å². The van der Waals surface area contributed by atoms with Gasteiger partial charge in [-0.3, -0.25) is 0 Å². The molecule has 0 saturated heterocycles. The first-order chi connectivity index (χ1) is 0. The van der Waals surface area contributed by atoms with Crippen molar-refractivity contribution in [1.29, 1.82) is 0 Å². The molecule has 0 fully saturated rings. The summed E-state index contributed by atoms with van der Waals surface area (Å²) in [6.45, 7) is 0. The normalized spacial score (nSPS) is 0. The van der Waals surface area contributed by atoms with Crippen LogP contribution in [0.25, 0.3) is 0 Å². The van der Waals surface area contributed by atoms with E-state index in [0.29, 0.717) is 0 Å². The van der Waals surface area contributed by atoms with Gasteiger partial charge in [-0.1, -0.05) is 0 Å². The van der Waals surface area contributed by atoms with Crippen molar-refractivity contribution in [2.75, 3.05) is 0 Å². The third-order valence-electron chi connectivity index (χ3n) is 0. The molecule has 1 nitrogen and oxygen atoms in total. The maximum Gasteiger partial charge on any atom is 2.00 e. The van der Waals surface area contributed by atoms with Crippen LogP contribution in [0.2, 0.25) is 0 Å². The summed E-state index contributed by atoms with van der Waals surface area (Å²) in [5, 5.41) is 0. The molecule has 0 unspecified atom stereocenters. The van der Waals surface area contributed by atoms with Gasteiger partial charge in [-0.05, 0) is 0 Å². The largest absolute Gasteiger partial charge is 2.00 e. The molecule has 0 rings (SSSR count). The number of hydrogen-bond acceptors (Lipinski definition) is 0. The molecule has 0 atom stereocenters. The molecule has 0 saturated carbocycles. The zero-order chi connectivity index (χ0) is 0. The van der Waals surface area contributed by atoms with Gasteiger partial charge in [0.2, 0.25) is 0 Å². The van der Waals surface area contributed by atoms with Crippen molar-refractivity contribution in [1.82, 2.24) is 0 Å². The molecule has 0 aliphatic rings.